The Labute approximate surface area is 139 Å². The zero-order valence-electron chi connectivity index (χ0n) is 13.7. The van der Waals surface area contributed by atoms with Gasteiger partial charge in [-0.05, 0) is 19.6 Å². The minimum atomic E-state index is -0.430. The number of carbonyl (C=O) groups is 1. The van der Waals surface area contributed by atoms with Crippen LogP contribution >= 0.6 is 11.8 Å². The van der Waals surface area contributed by atoms with Crippen LogP contribution in [0.2, 0.25) is 0 Å². The quantitative estimate of drug-likeness (QED) is 0.878. The Hall–Kier alpha value is -1.89. The minimum Gasteiger partial charge on any atom is -0.323 e. The van der Waals surface area contributed by atoms with Crippen LogP contribution in [-0.2, 0) is 4.79 Å². The van der Waals surface area contributed by atoms with Crippen molar-refractivity contribution in [2.45, 2.75) is 32.4 Å². The highest BCUT2D eigenvalue weighted by molar-refractivity contribution is 7.99. The van der Waals surface area contributed by atoms with Gasteiger partial charge in [-0.15, -0.1) is 0 Å². The van der Waals surface area contributed by atoms with E-state index in [1.807, 2.05) is 13.2 Å². The second kappa shape index (κ2) is 7.59. The first-order valence-corrected chi connectivity index (χ1v) is 8.75. The van der Waals surface area contributed by atoms with Crippen LogP contribution in [0.1, 0.15) is 26.0 Å². The maximum Gasteiger partial charge on any atom is 0.228 e. The third-order valence-electron chi connectivity index (χ3n) is 3.79. The molecule has 0 bridgehead atoms. The number of nitrogens with one attached hydrogen (secondary N) is 1. The third kappa shape index (κ3) is 4.10. The van der Waals surface area contributed by atoms with Gasteiger partial charge in [0.05, 0.1) is 35.7 Å². The monoisotopic (exact) mass is 336 g/mol. The van der Waals surface area contributed by atoms with Crippen molar-refractivity contribution in [2.24, 2.45) is 5.92 Å². The lowest BCUT2D eigenvalue weighted by atomic mass is 10.0. The summed E-state index contributed by atoms with van der Waals surface area (Å²) in [4.78, 5) is 16.2. The van der Waals surface area contributed by atoms with E-state index in [9.17, 15) is 9.18 Å². The van der Waals surface area contributed by atoms with Crippen LogP contribution in [-0.4, -0.2) is 32.2 Å². The molecule has 2 aromatic rings. The van der Waals surface area contributed by atoms with Gasteiger partial charge >= 0.3 is 0 Å². The lowest BCUT2D eigenvalue weighted by Crippen LogP contribution is -2.28. The molecule has 0 saturated heterocycles. The molecule has 0 radical (unpaired) electrons. The number of halogens is 1. The summed E-state index contributed by atoms with van der Waals surface area (Å²) in [5, 5.41) is 7.50. The smallest absolute Gasteiger partial charge is 0.228 e. The Bertz CT molecular complexity index is 684. The van der Waals surface area contributed by atoms with Crippen LogP contribution in [0.3, 0.4) is 0 Å². The molecule has 2 heterocycles. The highest BCUT2D eigenvalue weighted by Crippen LogP contribution is 2.23. The molecule has 2 aromatic heterocycles. The van der Waals surface area contributed by atoms with Crippen molar-refractivity contribution in [2.75, 3.05) is 11.6 Å². The second-order valence-corrected chi connectivity index (χ2v) is 6.47. The molecule has 124 valence electrons. The van der Waals surface area contributed by atoms with E-state index in [-0.39, 0.29) is 17.1 Å². The van der Waals surface area contributed by atoms with Gasteiger partial charge < -0.3 is 5.32 Å². The van der Waals surface area contributed by atoms with E-state index in [2.05, 4.69) is 22.3 Å². The summed E-state index contributed by atoms with van der Waals surface area (Å²) in [6, 6.07) is 1.34. The standard InChI is InChI=1S/C16H21FN4OS/c1-5-15(23-4)10(2)16(22)19-14-9-21(20-11(14)3)13-6-12(17)7-18-8-13/h6-10,15H,5H2,1-4H3,(H,19,22). The highest BCUT2D eigenvalue weighted by atomic mass is 32.2. The van der Waals surface area contributed by atoms with Gasteiger partial charge in [0, 0.05) is 17.2 Å². The number of thioether (sulfide) groups is 1. The summed E-state index contributed by atoms with van der Waals surface area (Å²) in [5.41, 5.74) is 1.81. The molecule has 5 nitrogen and oxygen atoms in total. The lowest BCUT2D eigenvalue weighted by Gasteiger charge is -2.19. The molecule has 0 aromatic carbocycles. The SMILES string of the molecule is CCC(SC)C(C)C(=O)Nc1cn(-c2cncc(F)c2)nc1C. The van der Waals surface area contributed by atoms with E-state index < -0.39 is 5.82 Å². The lowest BCUT2D eigenvalue weighted by molar-refractivity contribution is -0.119. The van der Waals surface area contributed by atoms with Crippen LogP contribution in [0.4, 0.5) is 10.1 Å². The maximum absolute atomic E-state index is 13.3. The van der Waals surface area contributed by atoms with Crippen molar-refractivity contribution in [1.82, 2.24) is 14.8 Å². The first-order chi connectivity index (χ1) is 11.0. The first kappa shape index (κ1) is 17.5. The van der Waals surface area contributed by atoms with Crippen LogP contribution in [0, 0.1) is 18.7 Å². The Morgan fingerprint density at radius 3 is 2.83 bits per heavy atom. The normalized spacial score (nSPS) is 13.6. The van der Waals surface area contributed by atoms with Crippen molar-refractivity contribution in [3.05, 3.63) is 36.2 Å². The van der Waals surface area contributed by atoms with Gasteiger partial charge in [0.1, 0.15) is 5.82 Å². The number of aromatic nitrogens is 3. The number of aryl methyl sites for hydroxylation is 1. The summed E-state index contributed by atoms with van der Waals surface area (Å²) in [6.07, 6.45) is 7.28. The molecule has 23 heavy (non-hydrogen) atoms. The van der Waals surface area contributed by atoms with E-state index in [0.29, 0.717) is 17.1 Å². The summed E-state index contributed by atoms with van der Waals surface area (Å²) < 4.78 is 14.8. The van der Waals surface area contributed by atoms with Crippen molar-refractivity contribution in [3.63, 3.8) is 0 Å². The van der Waals surface area contributed by atoms with Crippen LogP contribution < -0.4 is 5.32 Å². The molecule has 0 aliphatic heterocycles. The topological polar surface area (TPSA) is 59.8 Å². The van der Waals surface area contributed by atoms with Crippen molar-refractivity contribution >= 4 is 23.4 Å². The zero-order valence-corrected chi connectivity index (χ0v) is 14.5. The molecule has 2 atom stereocenters. The molecule has 0 spiro atoms. The number of anilines is 1. The van der Waals surface area contributed by atoms with Gasteiger partial charge in [0.2, 0.25) is 5.91 Å². The summed E-state index contributed by atoms with van der Waals surface area (Å²) in [7, 11) is 0. The van der Waals surface area contributed by atoms with Gasteiger partial charge in [-0.2, -0.15) is 16.9 Å². The van der Waals surface area contributed by atoms with Gasteiger partial charge in [-0.3, -0.25) is 9.78 Å². The molecule has 2 rings (SSSR count). The predicted molar refractivity (Wildman–Crippen MR) is 91.4 cm³/mol. The molecule has 1 amide bonds. The fourth-order valence-electron chi connectivity index (χ4n) is 2.38. The number of carbonyl (C=O) groups excluding carboxylic acids is 1. The first-order valence-electron chi connectivity index (χ1n) is 7.47. The van der Waals surface area contributed by atoms with Crippen LogP contribution in [0.15, 0.2) is 24.7 Å². The Morgan fingerprint density at radius 1 is 1.48 bits per heavy atom. The zero-order chi connectivity index (χ0) is 17.0. The number of pyridine rings is 1. The summed E-state index contributed by atoms with van der Waals surface area (Å²) in [5.74, 6) is -0.569. The molecule has 0 aliphatic rings. The molecule has 1 N–H and O–H groups in total. The van der Waals surface area contributed by atoms with Crippen LogP contribution in [0.5, 0.6) is 0 Å². The van der Waals surface area contributed by atoms with Gasteiger partial charge in [-0.25, -0.2) is 9.07 Å². The number of amides is 1. The average Bonchev–Trinajstić information content (AvgIpc) is 2.89. The number of nitrogens with zero attached hydrogens (tertiary/aromatic N) is 3. The molecular formula is C16H21FN4OS. The summed E-state index contributed by atoms with van der Waals surface area (Å²) in [6.45, 7) is 5.80. The fourth-order valence-corrected chi connectivity index (χ4v) is 3.25. The number of rotatable bonds is 6. The van der Waals surface area contributed by atoms with Crippen LogP contribution in [0.25, 0.3) is 5.69 Å². The highest BCUT2D eigenvalue weighted by Gasteiger charge is 2.23. The molecule has 0 aliphatic carbocycles. The number of hydrogen-bond acceptors (Lipinski definition) is 4. The van der Waals surface area contributed by atoms with Crippen molar-refractivity contribution < 1.29 is 9.18 Å². The Morgan fingerprint density at radius 2 is 2.22 bits per heavy atom. The molecule has 7 heteroatoms. The Balaban J connectivity index is 2.17. The third-order valence-corrected chi connectivity index (χ3v) is 5.14. The minimum absolute atomic E-state index is 0.0359. The predicted octanol–water partition coefficient (Wildman–Crippen LogP) is 3.43. The molecule has 0 fully saturated rings. The molecule has 2 unspecified atom stereocenters. The van der Waals surface area contributed by atoms with E-state index >= 15 is 0 Å². The largest absolute Gasteiger partial charge is 0.323 e. The Kier molecular flexibility index (Phi) is 5.76. The van der Waals surface area contributed by atoms with E-state index in [0.717, 1.165) is 12.6 Å². The average molecular weight is 336 g/mol. The molecular weight excluding hydrogens is 315 g/mol. The van der Waals surface area contributed by atoms with Crippen molar-refractivity contribution in [3.8, 4) is 5.69 Å². The van der Waals surface area contributed by atoms with E-state index in [1.54, 1.807) is 24.9 Å². The van der Waals surface area contributed by atoms with E-state index in [4.69, 9.17) is 0 Å². The summed E-state index contributed by atoms with van der Waals surface area (Å²) >= 11 is 1.69. The van der Waals surface area contributed by atoms with Crippen molar-refractivity contribution in [1.29, 1.82) is 0 Å². The fraction of sp³-hybridized carbons (Fsp3) is 0.438. The second-order valence-electron chi connectivity index (χ2n) is 5.39. The number of hydrogen-bond donors (Lipinski definition) is 1. The van der Waals surface area contributed by atoms with Gasteiger partial charge in [-0.1, -0.05) is 13.8 Å². The van der Waals surface area contributed by atoms with E-state index in [1.165, 1.54) is 16.9 Å². The maximum atomic E-state index is 13.3. The van der Waals surface area contributed by atoms with Gasteiger partial charge in [0.25, 0.3) is 0 Å². The molecule has 0 saturated carbocycles. The van der Waals surface area contributed by atoms with Gasteiger partial charge in [0.15, 0.2) is 0 Å².